The number of carbonyl (C=O) groups excluding carboxylic acids is 1. The summed E-state index contributed by atoms with van der Waals surface area (Å²) in [7, 11) is 0. The van der Waals surface area contributed by atoms with Crippen LogP contribution in [0, 0.1) is 28.6 Å². The van der Waals surface area contributed by atoms with Crippen LogP contribution >= 0.6 is 23.2 Å². The fourth-order valence-corrected chi connectivity index (χ4v) is 8.27. The largest absolute Gasteiger partial charge is 0.481 e. The minimum atomic E-state index is -1.43. The van der Waals surface area contributed by atoms with Gasteiger partial charge in [0.2, 0.25) is 0 Å². The Morgan fingerprint density at radius 2 is 1.89 bits per heavy atom. The van der Waals surface area contributed by atoms with Crippen LogP contribution in [0.1, 0.15) is 40.0 Å². The summed E-state index contributed by atoms with van der Waals surface area (Å²) in [4.78, 5) is 22.9. The minimum absolute atomic E-state index is 0.0674. The van der Waals surface area contributed by atoms with Gasteiger partial charge in [0.15, 0.2) is 5.78 Å². The molecule has 0 saturated heterocycles. The van der Waals surface area contributed by atoms with Crippen molar-refractivity contribution in [2.75, 3.05) is 0 Å². The van der Waals surface area contributed by atoms with Gasteiger partial charge < -0.3 is 10.2 Å². The maximum atomic E-state index is 15.3. The molecule has 4 rings (SSSR count). The maximum absolute atomic E-state index is 15.3. The van der Waals surface area contributed by atoms with Crippen molar-refractivity contribution in [2.45, 2.75) is 62.1 Å². The summed E-state index contributed by atoms with van der Waals surface area (Å²) < 4.78 is 15.3. The number of hydrogen-bond acceptors (Lipinski definition) is 3. The normalized spacial score (nSPS) is 55.2. The second-order valence-corrected chi connectivity index (χ2v) is 10.9. The van der Waals surface area contributed by atoms with Gasteiger partial charge in [-0.2, -0.15) is 0 Å². The van der Waals surface area contributed by atoms with E-state index in [0.29, 0.717) is 12.0 Å². The van der Waals surface area contributed by atoms with Gasteiger partial charge in [0.1, 0.15) is 6.17 Å². The molecule has 0 unspecified atom stereocenters. The fourth-order valence-electron chi connectivity index (χ4n) is 7.06. The monoisotopic (exact) mass is 430 g/mol. The Morgan fingerprint density at radius 3 is 2.50 bits per heavy atom. The fraction of sp³-hybridized carbons (Fsp3) is 0.714. The second kappa shape index (κ2) is 5.83. The van der Waals surface area contributed by atoms with Crippen LogP contribution in [0.4, 0.5) is 4.39 Å². The third-order valence-corrected chi connectivity index (χ3v) is 9.73. The van der Waals surface area contributed by atoms with Crippen molar-refractivity contribution >= 4 is 35.0 Å². The van der Waals surface area contributed by atoms with E-state index >= 15 is 4.39 Å². The van der Waals surface area contributed by atoms with Crippen molar-refractivity contribution in [1.29, 1.82) is 0 Å². The van der Waals surface area contributed by atoms with Crippen LogP contribution in [0.25, 0.3) is 0 Å². The molecule has 0 aromatic rings. The molecule has 2 N–H and O–H groups in total. The summed E-state index contributed by atoms with van der Waals surface area (Å²) in [5, 5.41) is 20.2. The Hall–Kier alpha value is -0.910. The first kappa shape index (κ1) is 20.4. The Morgan fingerprint density at radius 1 is 1.25 bits per heavy atom. The third-order valence-electron chi connectivity index (χ3n) is 8.18. The number of carboxylic acids is 1. The molecule has 0 radical (unpaired) electrons. The van der Waals surface area contributed by atoms with Crippen LogP contribution < -0.4 is 0 Å². The van der Waals surface area contributed by atoms with Gasteiger partial charge in [0, 0.05) is 5.41 Å². The number of aliphatic hydroxyl groups is 1. The summed E-state index contributed by atoms with van der Waals surface area (Å²) in [5.41, 5.74) is -2.83. The second-order valence-electron chi connectivity index (χ2n) is 9.73. The van der Waals surface area contributed by atoms with E-state index in [1.165, 1.54) is 19.1 Å². The van der Waals surface area contributed by atoms with Gasteiger partial charge in [0.25, 0.3) is 0 Å². The number of alkyl halides is 3. The molecule has 0 bridgehead atoms. The Bertz CT molecular complexity index is 823. The number of hydrogen-bond donors (Lipinski definition) is 2. The van der Waals surface area contributed by atoms with Gasteiger partial charge in [-0.3, -0.25) is 9.59 Å². The van der Waals surface area contributed by atoms with Crippen LogP contribution in [0.15, 0.2) is 23.8 Å². The van der Waals surface area contributed by atoms with Gasteiger partial charge in [0.05, 0.1) is 21.8 Å². The van der Waals surface area contributed by atoms with E-state index < -0.39 is 50.7 Å². The standard InChI is InChI=1S/C21H25Cl2FO4/c1-18-9-15(22)21(23)11(13(18)8-20(3,28)16(18)17(26)27)7-14(24)12-6-10(25)4-5-19(12,21)2/h4-6,11,13-16,28H,7-9H2,1-3H3,(H,26,27)/t11-,13-,14-,15-,16-,18-,19-,20+,21-/m0/s1. The van der Waals surface area contributed by atoms with Crippen LogP contribution in [-0.4, -0.2) is 44.0 Å². The summed E-state index contributed by atoms with van der Waals surface area (Å²) in [6, 6.07) is 0. The van der Waals surface area contributed by atoms with Crippen molar-refractivity contribution < 1.29 is 24.2 Å². The first-order valence-corrected chi connectivity index (χ1v) is 10.5. The van der Waals surface area contributed by atoms with Gasteiger partial charge in [-0.15, -0.1) is 23.2 Å². The van der Waals surface area contributed by atoms with Crippen molar-refractivity contribution in [3.05, 3.63) is 23.8 Å². The lowest BCUT2D eigenvalue weighted by atomic mass is 9.46. The van der Waals surface area contributed by atoms with Crippen molar-refractivity contribution in [3.63, 3.8) is 0 Å². The topological polar surface area (TPSA) is 74.6 Å². The van der Waals surface area contributed by atoms with E-state index in [2.05, 4.69) is 0 Å². The number of carboxylic acid groups (broad SMARTS) is 1. The van der Waals surface area contributed by atoms with E-state index in [1.54, 1.807) is 6.08 Å². The smallest absolute Gasteiger partial charge is 0.309 e. The molecular formula is C21H25Cl2FO4. The van der Waals surface area contributed by atoms with Crippen molar-refractivity contribution in [3.8, 4) is 0 Å². The highest BCUT2D eigenvalue weighted by atomic mass is 35.5. The van der Waals surface area contributed by atoms with Gasteiger partial charge in [-0.05, 0) is 61.2 Å². The van der Waals surface area contributed by atoms with Crippen molar-refractivity contribution in [1.82, 2.24) is 0 Å². The van der Waals surface area contributed by atoms with Crippen LogP contribution in [0.5, 0.6) is 0 Å². The van der Waals surface area contributed by atoms with Gasteiger partial charge in [-0.25, -0.2) is 4.39 Å². The summed E-state index contributed by atoms with van der Waals surface area (Å²) in [5.74, 6) is -3.06. The molecule has 0 aromatic heterocycles. The molecule has 3 fully saturated rings. The summed E-state index contributed by atoms with van der Waals surface area (Å²) in [6.07, 6.45) is 3.63. The number of aliphatic carboxylic acids is 1. The average Bonchev–Trinajstić information content (AvgIpc) is 2.77. The van der Waals surface area contributed by atoms with E-state index in [4.69, 9.17) is 23.2 Å². The maximum Gasteiger partial charge on any atom is 0.309 e. The number of carbonyl (C=O) groups is 2. The van der Waals surface area contributed by atoms with Crippen LogP contribution in [0.3, 0.4) is 0 Å². The molecule has 4 aliphatic rings. The highest BCUT2D eigenvalue weighted by Gasteiger charge is 2.74. The predicted molar refractivity (Wildman–Crippen MR) is 104 cm³/mol. The quantitative estimate of drug-likeness (QED) is 0.618. The molecule has 0 heterocycles. The molecule has 0 aromatic carbocycles. The minimum Gasteiger partial charge on any atom is -0.481 e. The van der Waals surface area contributed by atoms with Gasteiger partial charge >= 0.3 is 5.97 Å². The highest BCUT2D eigenvalue weighted by molar-refractivity contribution is 6.34. The van der Waals surface area contributed by atoms with E-state index in [-0.39, 0.29) is 24.5 Å². The molecular weight excluding hydrogens is 406 g/mol. The Balaban J connectivity index is 1.88. The van der Waals surface area contributed by atoms with Crippen molar-refractivity contribution in [2.24, 2.45) is 28.6 Å². The Labute approximate surface area is 173 Å². The highest BCUT2D eigenvalue weighted by Crippen LogP contribution is 2.72. The zero-order chi connectivity index (χ0) is 20.9. The molecule has 154 valence electrons. The van der Waals surface area contributed by atoms with Gasteiger partial charge in [-0.1, -0.05) is 19.9 Å². The lowest BCUT2D eigenvalue weighted by molar-refractivity contribution is -0.156. The summed E-state index contributed by atoms with van der Waals surface area (Å²) >= 11 is 14.1. The predicted octanol–water partition coefficient (Wildman–Crippen LogP) is 3.88. The average molecular weight is 431 g/mol. The molecule has 0 amide bonds. The number of rotatable bonds is 1. The molecule has 0 spiro atoms. The van der Waals surface area contributed by atoms with E-state index in [9.17, 15) is 19.8 Å². The third kappa shape index (κ3) is 2.27. The number of allylic oxidation sites excluding steroid dienone is 4. The zero-order valence-corrected chi connectivity index (χ0v) is 17.6. The number of halogens is 3. The Kier molecular flexibility index (Phi) is 4.24. The molecule has 4 aliphatic carbocycles. The van der Waals surface area contributed by atoms with Crippen LogP contribution in [-0.2, 0) is 9.59 Å². The van der Waals surface area contributed by atoms with E-state index in [0.717, 1.165) is 0 Å². The zero-order valence-electron chi connectivity index (χ0n) is 16.1. The number of ketones is 1. The molecule has 3 saturated carbocycles. The molecule has 7 heteroatoms. The number of fused-ring (bicyclic) bond motifs is 5. The first-order valence-electron chi connectivity index (χ1n) is 9.66. The lowest BCUT2D eigenvalue weighted by Crippen LogP contribution is -2.66. The molecule has 0 aliphatic heterocycles. The lowest BCUT2D eigenvalue weighted by Gasteiger charge is -2.63. The summed E-state index contributed by atoms with van der Waals surface area (Å²) in [6.45, 7) is 5.19. The van der Waals surface area contributed by atoms with Crippen LogP contribution in [0.2, 0.25) is 0 Å². The molecule has 4 nitrogen and oxygen atoms in total. The first-order chi connectivity index (χ1) is 12.8. The molecule has 28 heavy (non-hydrogen) atoms. The van der Waals surface area contributed by atoms with E-state index in [1.807, 2.05) is 13.8 Å². The SMILES string of the molecule is C[C@]12C[C@H](Cl)[C@@]3(Cl)[C@@H](C[C@H](F)C4=CC(=O)C=C[C@@]43C)[C@@H]1C[C@@](C)(O)[C@H]2C(=O)O. The molecule has 9 atom stereocenters.